The topological polar surface area (TPSA) is 132 Å². The number of aromatic nitrogens is 1. The summed E-state index contributed by atoms with van der Waals surface area (Å²) in [6.07, 6.45) is -8.97. The van der Waals surface area contributed by atoms with E-state index in [1.807, 2.05) is 24.4 Å². The molecule has 17 heteroatoms. The summed E-state index contributed by atoms with van der Waals surface area (Å²) in [4.78, 5) is 14.7. The number of carboxylic acid groups (broad SMARTS) is 1. The van der Waals surface area contributed by atoms with Crippen LogP contribution in [0.3, 0.4) is 0 Å². The lowest BCUT2D eigenvalue weighted by Gasteiger charge is -2.32. The number of thiazole rings is 1. The van der Waals surface area contributed by atoms with Gasteiger partial charge in [0.2, 0.25) is 10.0 Å². The SMILES string of the molecule is CN(C)Cc1csc(CNS(=O)(=O)c2cc(C(F)(F)F)ccc2NCC2CC(O)C2)n1.O=C(O)C(F)(F)F. The third-order valence-corrected chi connectivity index (χ3v) is 7.46. The first kappa shape index (κ1) is 31.7. The number of sulfonamides is 1. The molecule has 1 aromatic heterocycles. The van der Waals surface area contributed by atoms with Crippen LogP contribution in [0.25, 0.3) is 0 Å². The number of anilines is 1. The molecule has 1 aliphatic carbocycles. The van der Waals surface area contributed by atoms with Crippen molar-refractivity contribution in [2.45, 2.75) is 49.3 Å². The minimum atomic E-state index is -5.08. The summed E-state index contributed by atoms with van der Waals surface area (Å²) in [5, 5.41) is 21.8. The molecule has 1 aliphatic rings. The van der Waals surface area contributed by atoms with E-state index in [-0.39, 0.29) is 24.3 Å². The Morgan fingerprint density at radius 3 is 2.29 bits per heavy atom. The Morgan fingerprint density at radius 2 is 1.79 bits per heavy atom. The fraction of sp³-hybridized carbons (Fsp3) is 0.524. The number of aliphatic hydroxyl groups excluding tert-OH is 1. The van der Waals surface area contributed by atoms with Crippen molar-refractivity contribution in [3.63, 3.8) is 0 Å². The number of nitrogens with zero attached hydrogens (tertiary/aromatic N) is 2. The van der Waals surface area contributed by atoms with Crippen molar-refractivity contribution < 1.29 is 49.8 Å². The number of carbonyl (C=O) groups is 1. The third-order valence-electron chi connectivity index (χ3n) is 5.12. The fourth-order valence-corrected chi connectivity index (χ4v) is 5.26. The van der Waals surface area contributed by atoms with Gasteiger partial charge in [0.25, 0.3) is 0 Å². The summed E-state index contributed by atoms with van der Waals surface area (Å²) < 4.78 is 99.4. The fourth-order valence-electron chi connectivity index (χ4n) is 3.25. The molecule has 0 unspecified atom stereocenters. The molecule has 9 nitrogen and oxygen atoms in total. The molecule has 1 aromatic carbocycles. The first-order chi connectivity index (χ1) is 17.4. The van der Waals surface area contributed by atoms with Gasteiger partial charge in [0.05, 0.1) is 29.6 Å². The lowest BCUT2D eigenvalue weighted by molar-refractivity contribution is -0.192. The molecule has 0 radical (unpaired) electrons. The second kappa shape index (κ2) is 12.6. The van der Waals surface area contributed by atoms with Crippen LogP contribution >= 0.6 is 11.3 Å². The van der Waals surface area contributed by atoms with Gasteiger partial charge in [-0.1, -0.05) is 0 Å². The average molecular weight is 593 g/mol. The van der Waals surface area contributed by atoms with E-state index in [9.17, 15) is 39.9 Å². The molecule has 1 heterocycles. The van der Waals surface area contributed by atoms with Crippen LogP contribution in [-0.2, 0) is 34.1 Å². The summed E-state index contributed by atoms with van der Waals surface area (Å²) in [6.45, 7) is 0.844. The summed E-state index contributed by atoms with van der Waals surface area (Å²) in [5.74, 6) is -2.61. The second-order valence-electron chi connectivity index (χ2n) is 8.68. The zero-order valence-electron chi connectivity index (χ0n) is 20.1. The molecule has 214 valence electrons. The van der Waals surface area contributed by atoms with E-state index >= 15 is 0 Å². The van der Waals surface area contributed by atoms with E-state index in [4.69, 9.17) is 9.90 Å². The molecule has 38 heavy (non-hydrogen) atoms. The third kappa shape index (κ3) is 9.68. The Labute approximate surface area is 218 Å². The van der Waals surface area contributed by atoms with E-state index in [1.54, 1.807) is 0 Å². The molecule has 0 bridgehead atoms. The molecule has 3 rings (SSSR count). The van der Waals surface area contributed by atoms with Crippen molar-refractivity contribution >= 4 is 33.0 Å². The minimum absolute atomic E-state index is 0.0920. The minimum Gasteiger partial charge on any atom is -0.475 e. The Kier molecular flexibility index (Phi) is 10.5. The number of aliphatic hydroxyl groups is 1. The molecule has 0 spiro atoms. The lowest BCUT2D eigenvalue weighted by Crippen LogP contribution is -2.33. The Balaban J connectivity index is 0.000000638. The van der Waals surface area contributed by atoms with E-state index in [0.717, 1.165) is 17.8 Å². The number of hydrogen-bond donors (Lipinski definition) is 4. The molecular formula is C21H26F6N4O5S2. The smallest absolute Gasteiger partial charge is 0.475 e. The molecule has 0 atom stereocenters. The average Bonchev–Trinajstić information content (AvgIpc) is 3.20. The summed E-state index contributed by atoms with van der Waals surface area (Å²) in [5.41, 5.74) is -0.164. The predicted molar refractivity (Wildman–Crippen MR) is 126 cm³/mol. The molecular weight excluding hydrogens is 566 g/mol. The van der Waals surface area contributed by atoms with Crippen LogP contribution in [0, 0.1) is 5.92 Å². The van der Waals surface area contributed by atoms with Crippen LogP contribution in [0.2, 0.25) is 0 Å². The Hall–Kier alpha value is -2.47. The summed E-state index contributed by atoms with van der Waals surface area (Å²) in [6, 6.07) is 2.62. The van der Waals surface area contributed by atoms with Crippen molar-refractivity contribution in [3.05, 3.63) is 39.8 Å². The summed E-state index contributed by atoms with van der Waals surface area (Å²) in [7, 11) is -0.472. The highest BCUT2D eigenvalue weighted by molar-refractivity contribution is 7.89. The number of alkyl halides is 6. The first-order valence-electron chi connectivity index (χ1n) is 10.9. The highest BCUT2D eigenvalue weighted by atomic mass is 32.2. The molecule has 2 aromatic rings. The van der Waals surface area contributed by atoms with E-state index in [0.29, 0.717) is 37.0 Å². The van der Waals surface area contributed by atoms with Gasteiger partial charge in [0.15, 0.2) is 0 Å². The number of nitrogens with one attached hydrogen (secondary N) is 2. The highest BCUT2D eigenvalue weighted by Gasteiger charge is 2.38. The Morgan fingerprint density at radius 1 is 1.18 bits per heavy atom. The Bertz CT molecular complexity index is 1200. The van der Waals surface area contributed by atoms with E-state index in [2.05, 4.69) is 15.0 Å². The summed E-state index contributed by atoms with van der Waals surface area (Å²) >= 11 is 1.28. The molecule has 0 saturated heterocycles. The van der Waals surface area contributed by atoms with Crippen molar-refractivity contribution in [1.29, 1.82) is 0 Å². The lowest BCUT2D eigenvalue weighted by atomic mass is 9.82. The van der Waals surface area contributed by atoms with Crippen molar-refractivity contribution in [2.24, 2.45) is 5.92 Å². The normalized spacial score (nSPS) is 17.9. The quantitative estimate of drug-likeness (QED) is 0.326. The van der Waals surface area contributed by atoms with Gasteiger partial charge in [-0.2, -0.15) is 26.3 Å². The van der Waals surface area contributed by atoms with Crippen LogP contribution in [0.15, 0.2) is 28.5 Å². The zero-order valence-corrected chi connectivity index (χ0v) is 21.7. The number of hydrogen-bond acceptors (Lipinski definition) is 8. The van der Waals surface area contributed by atoms with Gasteiger partial charge in [-0.05, 0) is 51.1 Å². The molecule has 0 aliphatic heterocycles. The first-order valence-corrected chi connectivity index (χ1v) is 13.3. The van der Waals surface area contributed by atoms with Gasteiger partial charge in [-0.15, -0.1) is 11.3 Å². The predicted octanol–water partition coefficient (Wildman–Crippen LogP) is 3.52. The zero-order chi connectivity index (χ0) is 28.9. The molecule has 1 fully saturated rings. The second-order valence-corrected chi connectivity index (χ2v) is 11.4. The van der Waals surface area contributed by atoms with Crippen LogP contribution in [0.5, 0.6) is 0 Å². The van der Waals surface area contributed by atoms with Gasteiger partial charge in [-0.3, -0.25) is 0 Å². The monoisotopic (exact) mass is 592 g/mol. The van der Waals surface area contributed by atoms with Gasteiger partial charge >= 0.3 is 18.3 Å². The molecule has 1 saturated carbocycles. The van der Waals surface area contributed by atoms with E-state index < -0.39 is 38.8 Å². The van der Waals surface area contributed by atoms with E-state index in [1.165, 1.54) is 11.3 Å². The number of carboxylic acids is 1. The van der Waals surface area contributed by atoms with Gasteiger partial charge in [-0.25, -0.2) is 22.9 Å². The standard InChI is InChI=1S/C19H25F3N4O3S2.C2HF3O2/c1-26(2)10-14-11-30-18(25-14)9-24-31(28,29)17-7-13(19(20,21)22)3-4-16(17)23-8-12-5-15(27)6-12;3-2(4,5)1(6)7/h3-4,7,11-12,15,23-24,27H,5-6,8-10H2,1-2H3;(H,6,7). The highest BCUT2D eigenvalue weighted by Crippen LogP contribution is 2.34. The number of benzene rings is 1. The molecule has 0 amide bonds. The van der Waals surface area contributed by atoms with Gasteiger partial charge in [0, 0.05) is 18.5 Å². The maximum Gasteiger partial charge on any atom is 0.490 e. The molecule has 4 N–H and O–H groups in total. The number of aliphatic carboxylic acids is 1. The van der Waals surface area contributed by atoms with Crippen molar-refractivity contribution in [1.82, 2.24) is 14.6 Å². The largest absolute Gasteiger partial charge is 0.490 e. The number of rotatable bonds is 9. The van der Waals surface area contributed by atoms with Crippen LogP contribution < -0.4 is 10.0 Å². The maximum atomic E-state index is 13.2. The number of halogens is 6. The van der Waals surface area contributed by atoms with Crippen LogP contribution in [0.4, 0.5) is 32.0 Å². The van der Waals surface area contributed by atoms with Crippen LogP contribution in [0.1, 0.15) is 29.1 Å². The van der Waals surface area contributed by atoms with Gasteiger partial charge in [0.1, 0.15) is 9.90 Å². The van der Waals surface area contributed by atoms with Crippen molar-refractivity contribution in [2.75, 3.05) is 26.0 Å². The van der Waals surface area contributed by atoms with Crippen molar-refractivity contribution in [3.8, 4) is 0 Å². The maximum absolute atomic E-state index is 13.2. The van der Waals surface area contributed by atoms with Gasteiger partial charge < -0.3 is 20.4 Å². The van der Waals surface area contributed by atoms with Crippen LogP contribution in [-0.4, -0.2) is 67.4 Å².